The number of benzene rings is 1. The lowest BCUT2D eigenvalue weighted by Gasteiger charge is -2.08. The molecule has 4 rings (SSSR count). The van der Waals surface area contributed by atoms with Crippen LogP contribution in [-0.4, -0.2) is 26.4 Å². The van der Waals surface area contributed by atoms with Crippen molar-refractivity contribution < 1.29 is 4.79 Å². The van der Waals surface area contributed by atoms with Gasteiger partial charge in [0, 0.05) is 4.88 Å². The first-order chi connectivity index (χ1) is 13.7. The molecule has 0 saturated carbocycles. The van der Waals surface area contributed by atoms with Gasteiger partial charge in [-0.05, 0) is 37.3 Å². The molecule has 1 aliphatic carbocycles. The molecule has 2 heterocycles. The van der Waals surface area contributed by atoms with Gasteiger partial charge in [0.05, 0.1) is 17.9 Å². The number of thiophene rings is 1. The first-order valence-corrected chi connectivity index (χ1v) is 10.9. The Kier molecular flexibility index (Phi) is 5.46. The molecule has 142 valence electrons. The zero-order chi connectivity index (χ0) is 19.5. The van der Waals surface area contributed by atoms with E-state index in [-0.39, 0.29) is 11.7 Å². The van der Waals surface area contributed by atoms with Crippen LogP contribution < -0.4 is 5.32 Å². The maximum atomic E-state index is 12.5. The Labute approximate surface area is 171 Å². The Bertz CT molecular complexity index is 1050. The number of carbonyl (C=O) groups is 1. The highest BCUT2D eigenvalue weighted by molar-refractivity contribution is 7.99. The van der Waals surface area contributed by atoms with E-state index in [2.05, 4.69) is 33.7 Å². The summed E-state index contributed by atoms with van der Waals surface area (Å²) in [5, 5.41) is 22.1. The second-order valence-electron chi connectivity index (χ2n) is 6.61. The number of hydrogen-bond donors (Lipinski definition) is 1. The monoisotopic (exact) mass is 409 g/mol. The lowest BCUT2D eigenvalue weighted by atomic mass is 10.1. The van der Waals surface area contributed by atoms with Gasteiger partial charge in [0.15, 0.2) is 5.16 Å². The molecule has 0 atom stereocenters. The maximum absolute atomic E-state index is 12.5. The average Bonchev–Trinajstić information content (AvgIpc) is 3.37. The number of thioether (sulfide) groups is 1. The summed E-state index contributed by atoms with van der Waals surface area (Å²) in [6, 6.07) is 12.4. The molecule has 0 saturated heterocycles. The van der Waals surface area contributed by atoms with Crippen molar-refractivity contribution in [2.45, 2.75) is 37.9 Å². The molecule has 1 amide bonds. The van der Waals surface area contributed by atoms with Gasteiger partial charge < -0.3 is 9.88 Å². The fraction of sp³-hybridized carbons (Fsp3) is 0.300. The third-order valence-corrected chi connectivity index (χ3v) is 6.88. The van der Waals surface area contributed by atoms with E-state index in [1.54, 1.807) is 0 Å². The maximum Gasteiger partial charge on any atom is 0.235 e. The predicted octanol–water partition coefficient (Wildman–Crippen LogP) is 3.79. The number of carbonyl (C=O) groups excluding carboxylic acids is 1. The van der Waals surface area contributed by atoms with Crippen molar-refractivity contribution in [3.8, 4) is 6.07 Å². The molecule has 3 aromatic rings. The molecule has 1 aliphatic rings. The van der Waals surface area contributed by atoms with Crippen molar-refractivity contribution >= 4 is 34.0 Å². The molecule has 0 radical (unpaired) electrons. The molecule has 8 heteroatoms. The smallest absolute Gasteiger partial charge is 0.235 e. The molecular weight excluding hydrogens is 390 g/mol. The molecule has 1 N–H and O–H groups in total. The van der Waals surface area contributed by atoms with Crippen molar-refractivity contribution in [1.29, 1.82) is 5.26 Å². The summed E-state index contributed by atoms with van der Waals surface area (Å²) in [6.07, 6.45) is 3.03. The van der Waals surface area contributed by atoms with Crippen LogP contribution in [0.2, 0.25) is 0 Å². The van der Waals surface area contributed by atoms with Crippen molar-refractivity contribution in [2.75, 3.05) is 11.1 Å². The highest BCUT2D eigenvalue weighted by Crippen LogP contribution is 2.38. The van der Waals surface area contributed by atoms with E-state index in [9.17, 15) is 10.1 Å². The normalized spacial score (nSPS) is 12.6. The molecular formula is C20H19N5OS2. The molecule has 0 bridgehead atoms. The number of nitrogens with zero attached hydrogens (tertiary/aromatic N) is 4. The van der Waals surface area contributed by atoms with E-state index in [1.807, 2.05) is 29.7 Å². The Hall–Kier alpha value is -2.63. The van der Waals surface area contributed by atoms with E-state index in [0.29, 0.717) is 22.3 Å². The van der Waals surface area contributed by atoms with Crippen LogP contribution in [0.4, 0.5) is 5.00 Å². The van der Waals surface area contributed by atoms with Gasteiger partial charge in [-0.2, -0.15) is 5.26 Å². The minimum Gasteiger partial charge on any atom is -0.316 e. The Morgan fingerprint density at radius 1 is 1.32 bits per heavy atom. The van der Waals surface area contributed by atoms with Gasteiger partial charge in [-0.1, -0.05) is 42.1 Å². The van der Waals surface area contributed by atoms with Crippen LogP contribution >= 0.6 is 23.1 Å². The van der Waals surface area contributed by atoms with E-state index in [1.165, 1.54) is 28.0 Å². The van der Waals surface area contributed by atoms with Gasteiger partial charge in [0.2, 0.25) is 5.91 Å². The van der Waals surface area contributed by atoms with Crippen molar-refractivity contribution in [3.63, 3.8) is 0 Å². The highest BCUT2D eigenvalue weighted by atomic mass is 32.2. The summed E-state index contributed by atoms with van der Waals surface area (Å²) in [6.45, 7) is 2.58. The minimum atomic E-state index is -0.131. The van der Waals surface area contributed by atoms with E-state index in [4.69, 9.17) is 0 Å². The SMILES string of the molecule is Cc1nnc(SCC(=O)Nc2sc3c(c2C#N)CCC3)n1Cc1ccccc1. The van der Waals surface area contributed by atoms with Gasteiger partial charge in [0.1, 0.15) is 16.9 Å². The Morgan fingerprint density at radius 2 is 2.14 bits per heavy atom. The molecule has 0 fully saturated rings. The van der Waals surface area contributed by atoms with Gasteiger partial charge in [0.25, 0.3) is 0 Å². The van der Waals surface area contributed by atoms with Crippen LogP contribution in [0.15, 0.2) is 35.5 Å². The van der Waals surface area contributed by atoms with Crippen LogP contribution in [0.3, 0.4) is 0 Å². The third-order valence-electron chi connectivity index (χ3n) is 4.70. The quantitative estimate of drug-likeness (QED) is 0.626. The first-order valence-electron chi connectivity index (χ1n) is 9.06. The van der Waals surface area contributed by atoms with E-state index >= 15 is 0 Å². The Balaban J connectivity index is 1.42. The summed E-state index contributed by atoms with van der Waals surface area (Å²) in [4.78, 5) is 13.7. The summed E-state index contributed by atoms with van der Waals surface area (Å²) in [7, 11) is 0. The number of amides is 1. The van der Waals surface area contributed by atoms with Crippen molar-refractivity contribution in [1.82, 2.24) is 14.8 Å². The topological polar surface area (TPSA) is 83.6 Å². The first kappa shape index (κ1) is 18.7. The van der Waals surface area contributed by atoms with E-state index in [0.717, 1.165) is 36.2 Å². The number of rotatable bonds is 6. The second kappa shape index (κ2) is 8.17. The molecule has 0 unspecified atom stereocenters. The fourth-order valence-electron chi connectivity index (χ4n) is 3.32. The molecule has 2 aromatic heterocycles. The molecule has 6 nitrogen and oxygen atoms in total. The zero-order valence-electron chi connectivity index (χ0n) is 15.4. The van der Waals surface area contributed by atoms with Gasteiger partial charge >= 0.3 is 0 Å². The number of nitrogens with one attached hydrogen (secondary N) is 1. The summed E-state index contributed by atoms with van der Waals surface area (Å²) >= 11 is 2.89. The standard InChI is InChI=1S/C20H19N5OS2/c1-13-23-24-20(25(13)11-14-6-3-2-4-7-14)27-12-18(26)22-19-16(10-21)15-8-5-9-17(15)28-19/h2-4,6-7H,5,8-9,11-12H2,1H3,(H,22,26). The van der Waals surface area contributed by atoms with Crippen LogP contribution in [-0.2, 0) is 24.2 Å². The minimum absolute atomic E-state index is 0.131. The van der Waals surface area contributed by atoms with Gasteiger partial charge in [-0.25, -0.2) is 0 Å². The third kappa shape index (κ3) is 3.81. The van der Waals surface area contributed by atoms with E-state index < -0.39 is 0 Å². The van der Waals surface area contributed by atoms with Crippen LogP contribution in [0.1, 0.15) is 33.8 Å². The molecule has 1 aromatic carbocycles. The molecule has 0 aliphatic heterocycles. The fourth-order valence-corrected chi connectivity index (χ4v) is 5.36. The van der Waals surface area contributed by atoms with Gasteiger partial charge in [-0.15, -0.1) is 21.5 Å². The predicted molar refractivity (Wildman–Crippen MR) is 111 cm³/mol. The number of hydrogen-bond acceptors (Lipinski definition) is 6. The van der Waals surface area contributed by atoms with Crippen molar-refractivity contribution in [3.05, 3.63) is 57.7 Å². The summed E-state index contributed by atoms with van der Waals surface area (Å²) in [5.41, 5.74) is 2.91. The van der Waals surface area contributed by atoms with Crippen LogP contribution in [0.5, 0.6) is 0 Å². The summed E-state index contributed by atoms with van der Waals surface area (Å²) < 4.78 is 2.01. The van der Waals surface area contributed by atoms with Crippen LogP contribution in [0.25, 0.3) is 0 Å². The van der Waals surface area contributed by atoms with Crippen molar-refractivity contribution in [2.24, 2.45) is 0 Å². The highest BCUT2D eigenvalue weighted by Gasteiger charge is 2.23. The lowest BCUT2D eigenvalue weighted by Crippen LogP contribution is -2.15. The average molecular weight is 410 g/mol. The number of nitriles is 1. The van der Waals surface area contributed by atoms with Crippen LogP contribution in [0, 0.1) is 18.3 Å². The molecule has 0 spiro atoms. The number of aromatic nitrogens is 3. The largest absolute Gasteiger partial charge is 0.316 e. The summed E-state index contributed by atoms with van der Waals surface area (Å²) in [5.74, 6) is 0.905. The number of aryl methyl sites for hydroxylation is 2. The lowest BCUT2D eigenvalue weighted by molar-refractivity contribution is -0.113. The second-order valence-corrected chi connectivity index (χ2v) is 8.66. The Morgan fingerprint density at radius 3 is 2.93 bits per heavy atom. The number of fused-ring (bicyclic) bond motifs is 1. The van der Waals surface area contributed by atoms with Gasteiger partial charge in [-0.3, -0.25) is 4.79 Å². The number of anilines is 1. The zero-order valence-corrected chi connectivity index (χ0v) is 17.1. The molecule has 28 heavy (non-hydrogen) atoms.